The van der Waals surface area contributed by atoms with Crippen LogP contribution in [-0.2, 0) is 22.3 Å². The van der Waals surface area contributed by atoms with Gasteiger partial charge in [-0.15, -0.1) is 0 Å². The topological polar surface area (TPSA) is 72.0 Å². The molecule has 0 saturated heterocycles. The van der Waals surface area contributed by atoms with Crippen molar-refractivity contribution >= 4 is 33.2 Å². The molecule has 1 heterocycles. The summed E-state index contributed by atoms with van der Waals surface area (Å²) >= 11 is 12.0. The summed E-state index contributed by atoms with van der Waals surface area (Å²) in [6, 6.07) is 6.52. The molecule has 21 heavy (non-hydrogen) atoms. The number of aromatic nitrogens is 2. The van der Waals surface area contributed by atoms with Crippen LogP contribution in [0.25, 0.3) is 0 Å². The van der Waals surface area contributed by atoms with Crippen molar-refractivity contribution in [1.29, 1.82) is 0 Å². The van der Waals surface area contributed by atoms with E-state index in [9.17, 15) is 8.42 Å². The molecule has 0 saturated carbocycles. The van der Waals surface area contributed by atoms with E-state index in [2.05, 4.69) is 14.7 Å². The number of nitrogens with zero attached hydrogens (tertiary/aromatic N) is 2. The Balaban J connectivity index is 2.09. The Morgan fingerprint density at radius 1 is 1.19 bits per heavy atom. The molecule has 1 aromatic carbocycles. The number of hydrogen-bond acceptors (Lipinski definition) is 4. The summed E-state index contributed by atoms with van der Waals surface area (Å²) in [5, 5.41) is 0.650. The van der Waals surface area contributed by atoms with Crippen molar-refractivity contribution in [3.8, 4) is 0 Å². The van der Waals surface area contributed by atoms with Crippen molar-refractivity contribution in [2.75, 3.05) is 0 Å². The maximum Gasteiger partial charge on any atom is 0.216 e. The van der Waals surface area contributed by atoms with Gasteiger partial charge in [0.25, 0.3) is 0 Å². The van der Waals surface area contributed by atoms with E-state index in [1.807, 2.05) is 0 Å². The maximum absolute atomic E-state index is 12.1. The van der Waals surface area contributed by atoms with Crippen LogP contribution in [0.15, 0.2) is 30.5 Å². The highest BCUT2D eigenvalue weighted by molar-refractivity contribution is 7.88. The minimum Gasteiger partial charge on any atom is -0.242 e. The predicted molar refractivity (Wildman–Crippen MR) is 82.7 cm³/mol. The molecule has 0 radical (unpaired) electrons. The second-order valence-electron chi connectivity index (χ2n) is 4.38. The van der Waals surface area contributed by atoms with E-state index >= 15 is 0 Å². The number of halogens is 2. The van der Waals surface area contributed by atoms with E-state index in [0.29, 0.717) is 27.1 Å². The minimum atomic E-state index is -3.57. The second kappa shape index (κ2) is 6.70. The standard InChI is InChI=1S/C13H13Cl2N3O2S/c1-9-16-6-5-10(18-9)7-17-21(19,20)8-11-12(14)3-2-4-13(11)15/h2-6,17H,7-8H2,1H3. The van der Waals surface area contributed by atoms with Crippen LogP contribution in [0.1, 0.15) is 17.1 Å². The fourth-order valence-electron chi connectivity index (χ4n) is 1.70. The molecule has 0 aliphatic heterocycles. The van der Waals surface area contributed by atoms with Gasteiger partial charge in [0.15, 0.2) is 0 Å². The largest absolute Gasteiger partial charge is 0.242 e. The summed E-state index contributed by atoms with van der Waals surface area (Å²) in [6.07, 6.45) is 1.58. The molecule has 0 unspecified atom stereocenters. The molecule has 2 rings (SSSR count). The quantitative estimate of drug-likeness (QED) is 0.904. The molecular weight excluding hydrogens is 333 g/mol. The average Bonchev–Trinajstić information content (AvgIpc) is 2.41. The Kier molecular flexibility index (Phi) is 5.16. The van der Waals surface area contributed by atoms with Crippen molar-refractivity contribution in [3.05, 3.63) is 57.6 Å². The van der Waals surface area contributed by atoms with E-state index < -0.39 is 10.0 Å². The lowest BCUT2D eigenvalue weighted by Crippen LogP contribution is -2.25. The second-order valence-corrected chi connectivity index (χ2v) is 7.00. The summed E-state index contributed by atoms with van der Waals surface area (Å²) < 4.78 is 26.7. The van der Waals surface area contributed by atoms with E-state index in [1.54, 1.807) is 37.4 Å². The van der Waals surface area contributed by atoms with Gasteiger partial charge in [-0.2, -0.15) is 0 Å². The van der Waals surface area contributed by atoms with E-state index in [-0.39, 0.29) is 12.3 Å². The lowest BCUT2D eigenvalue weighted by atomic mass is 10.2. The highest BCUT2D eigenvalue weighted by atomic mass is 35.5. The molecule has 5 nitrogen and oxygen atoms in total. The molecule has 0 spiro atoms. The molecule has 112 valence electrons. The third-order valence-electron chi connectivity index (χ3n) is 2.70. The van der Waals surface area contributed by atoms with Gasteiger partial charge in [0.05, 0.1) is 18.0 Å². The summed E-state index contributed by atoms with van der Waals surface area (Å²) in [5.41, 5.74) is 0.975. The van der Waals surface area contributed by atoms with Crippen LogP contribution >= 0.6 is 23.2 Å². The molecule has 1 N–H and O–H groups in total. The zero-order valence-electron chi connectivity index (χ0n) is 11.2. The molecule has 8 heteroatoms. The van der Waals surface area contributed by atoms with Gasteiger partial charge in [0.1, 0.15) is 5.82 Å². The Morgan fingerprint density at radius 3 is 2.48 bits per heavy atom. The molecule has 0 aliphatic rings. The molecular formula is C13H13Cl2N3O2S. The summed E-state index contributed by atoms with van der Waals surface area (Å²) in [6.45, 7) is 1.83. The van der Waals surface area contributed by atoms with Gasteiger partial charge in [-0.25, -0.2) is 23.1 Å². The fraction of sp³-hybridized carbons (Fsp3) is 0.231. The molecule has 0 bridgehead atoms. The predicted octanol–water partition coefficient (Wildman–Crippen LogP) is 2.71. The highest BCUT2D eigenvalue weighted by Gasteiger charge is 2.16. The molecule has 0 atom stereocenters. The number of hydrogen-bond donors (Lipinski definition) is 1. The average molecular weight is 346 g/mol. The molecule has 0 amide bonds. The van der Waals surface area contributed by atoms with E-state index in [1.165, 1.54) is 0 Å². The third-order valence-corrected chi connectivity index (χ3v) is 4.66. The van der Waals surface area contributed by atoms with E-state index in [4.69, 9.17) is 23.2 Å². The number of benzene rings is 1. The summed E-state index contributed by atoms with van der Waals surface area (Å²) in [7, 11) is -3.57. The number of aryl methyl sites for hydroxylation is 1. The van der Waals surface area contributed by atoms with Gasteiger partial charge in [0.2, 0.25) is 10.0 Å². The van der Waals surface area contributed by atoms with Crippen LogP contribution in [-0.4, -0.2) is 18.4 Å². The van der Waals surface area contributed by atoms with Crippen molar-refractivity contribution in [3.63, 3.8) is 0 Å². The van der Waals surface area contributed by atoms with Gasteiger partial charge in [-0.1, -0.05) is 29.3 Å². The normalized spacial score (nSPS) is 11.6. The number of rotatable bonds is 5. The van der Waals surface area contributed by atoms with Crippen molar-refractivity contribution in [2.45, 2.75) is 19.2 Å². The van der Waals surface area contributed by atoms with Crippen LogP contribution < -0.4 is 4.72 Å². The van der Waals surface area contributed by atoms with Gasteiger partial charge < -0.3 is 0 Å². The molecule has 0 fully saturated rings. The maximum atomic E-state index is 12.1. The first-order chi connectivity index (χ1) is 9.87. The Bertz CT molecular complexity index is 731. The zero-order valence-corrected chi connectivity index (χ0v) is 13.5. The first-order valence-electron chi connectivity index (χ1n) is 6.06. The number of nitrogens with one attached hydrogen (secondary N) is 1. The van der Waals surface area contributed by atoms with Crippen molar-refractivity contribution in [1.82, 2.24) is 14.7 Å². The van der Waals surface area contributed by atoms with Crippen LogP contribution in [0.2, 0.25) is 10.0 Å². The molecule has 2 aromatic rings. The fourth-order valence-corrected chi connectivity index (χ4v) is 3.55. The Hall–Kier alpha value is -1.21. The van der Waals surface area contributed by atoms with Crippen molar-refractivity contribution < 1.29 is 8.42 Å². The van der Waals surface area contributed by atoms with Crippen LogP contribution in [0.3, 0.4) is 0 Å². The monoisotopic (exact) mass is 345 g/mol. The lowest BCUT2D eigenvalue weighted by molar-refractivity contribution is 0.579. The first-order valence-corrected chi connectivity index (χ1v) is 8.47. The van der Waals surface area contributed by atoms with Gasteiger partial charge in [-0.3, -0.25) is 0 Å². The third kappa shape index (κ3) is 4.64. The van der Waals surface area contributed by atoms with Crippen LogP contribution in [0.4, 0.5) is 0 Å². The SMILES string of the molecule is Cc1nccc(CNS(=O)(=O)Cc2c(Cl)cccc2Cl)n1. The van der Waals surface area contributed by atoms with Crippen LogP contribution in [0, 0.1) is 6.92 Å². The highest BCUT2D eigenvalue weighted by Crippen LogP contribution is 2.25. The summed E-state index contributed by atoms with van der Waals surface area (Å²) in [5.74, 6) is 0.302. The van der Waals surface area contributed by atoms with Gasteiger partial charge in [-0.05, 0) is 25.1 Å². The lowest BCUT2D eigenvalue weighted by Gasteiger charge is -2.09. The zero-order chi connectivity index (χ0) is 15.5. The molecule has 1 aromatic heterocycles. The van der Waals surface area contributed by atoms with Crippen molar-refractivity contribution in [2.24, 2.45) is 0 Å². The summed E-state index contributed by atoms with van der Waals surface area (Å²) in [4.78, 5) is 8.08. The Labute approximate surface area is 133 Å². The van der Waals surface area contributed by atoms with Crippen LogP contribution in [0.5, 0.6) is 0 Å². The minimum absolute atomic E-state index is 0.0910. The Morgan fingerprint density at radius 2 is 1.86 bits per heavy atom. The van der Waals surface area contributed by atoms with Gasteiger partial charge >= 0.3 is 0 Å². The van der Waals surface area contributed by atoms with Gasteiger partial charge in [0, 0.05) is 21.8 Å². The first kappa shape index (κ1) is 16.2. The molecule has 0 aliphatic carbocycles. The van der Waals surface area contributed by atoms with E-state index in [0.717, 1.165) is 0 Å². The smallest absolute Gasteiger partial charge is 0.216 e. The number of sulfonamides is 1.